The molecule has 1 aliphatic carbocycles. The Kier molecular flexibility index (Phi) is 4.66. The summed E-state index contributed by atoms with van der Waals surface area (Å²) in [6.07, 6.45) is -0.608. The van der Waals surface area contributed by atoms with E-state index in [2.05, 4.69) is 14.7 Å². The molecule has 1 saturated carbocycles. The standard InChI is InChI=1S/C19H16F3N3O3/c20-19(21,22)18-23-17(24-28-18)14-5-3-13(4-6-14)11-27-15-7-8-25(16(26)9-15)10-12-1-2-12/h3-9,12H,1-2,10-11H2. The number of benzene rings is 1. The van der Waals surface area contributed by atoms with Gasteiger partial charge < -0.3 is 13.8 Å². The predicted octanol–water partition coefficient (Wildman–Crippen LogP) is 3.91. The molecule has 0 aliphatic heterocycles. The zero-order chi connectivity index (χ0) is 19.7. The summed E-state index contributed by atoms with van der Waals surface area (Å²) >= 11 is 0. The third kappa shape index (κ3) is 4.24. The van der Waals surface area contributed by atoms with E-state index in [4.69, 9.17) is 4.74 Å². The molecule has 0 atom stereocenters. The van der Waals surface area contributed by atoms with E-state index in [1.807, 2.05) is 0 Å². The summed E-state index contributed by atoms with van der Waals surface area (Å²) in [6, 6.07) is 9.74. The lowest BCUT2D eigenvalue weighted by molar-refractivity contribution is -0.159. The molecule has 0 saturated heterocycles. The van der Waals surface area contributed by atoms with Crippen molar-refractivity contribution >= 4 is 0 Å². The molecule has 0 radical (unpaired) electrons. The van der Waals surface area contributed by atoms with Crippen LogP contribution in [0.25, 0.3) is 11.4 Å². The number of halogens is 3. The van der Waals surface area contributed by atoms with Crippen molar-refractivity contribution in [1.82, 2.24) is 14.7 Å². The number of alkyl halides is 3. The van der Waals surface area contributed by atoms with Crippen molar-refractivity contribution in [2.24, 2.45) is 5.92 Å². The van der Waals surface area contributed by atoms with E-state index in [-0.39, 0.29) is 18.0 Å². The Morgan fingerprint density at radius 2 is 1.93 bits per heavy atom. The fraction of sp³-hybridized carbons (Fsp3) is 0.316. The van der Waals surface area contributed by atoms with Gasteiger partial charge in [0, 0.05) is 24.4 Å². The number of rotatable bonds is 6. The van der Waals surface area contributed by atoms with Crippen LogP contribution in [0.1, 0.15) is 24.3 Å². The minimum absolute atomic E-state index is 0.0997. The van der Waals surface area contributed by atoms with Crippen LogP contribution < -0.4 is 10.3 Å². The molecule has 6 nitrogen and oxygen atoms in total. The first-order valence-electron chi connectivity index (χ1n) is 8.72. The molecule has 0 N–H and O–H groups in total. The third-order valence-corrected chi connectivity index (χ3v) is 4.41. The number of pyridine rings is 1. The van der Waals surface area contributed by atoms with E-state index in [1.165, 1.54) is 18.9 Å². The van der Waals surface area contributed by atoms with E-state index >= 15 is 0 Å². The Morgan fingerprint density at radius 1 is 1.18 bits per heavy atom. The monoisotopic (exact) mass is 391 g/mol. The average molecular weight is 391 g/mol. The molecule has 146 valence electrons. The van der Waals surface area contributed by atoms with Crippen LogP contribution in [-0.2, 0) is 19.3 Å². The molecule has 2 heterocycles. The lowest BCUT2D eigenvalue weighted by Crippen LogP contribution is -2.19. The van der Waals surface area contributed by atoms with Gasteiger partial charge in [0.2, 0.25) is 5.82 Å². The van der Waals surface area contributed by atoms with Crippen molar-refractivity contribution in [3.8, 4) is 17.1 Å². The molecule has 1 aromatic carbocycles. The molecule has 28 heavy (non-hydrogen) atoms. The number of hydrogen-bond acceptors (Lipinski definition) is 5. The maximum absolute atomic E-state index is 12.5. The Balaban J connectivity index is 1.39. The summed E-state index contributed by atoms with van der Waals surface area (Å²) in [6.45, 7) is 0.957. The van der Waals surface area contributed by atoms with Gasteiger partial charge in [0.05, 0.1) is 0 Å². The molecule has 4 rings (SSSR count). The Labute approximate surface area is 157 Å². The molecule has 0 amide bonds. The minimum Gasteiger partial charge on any atom is -0.489 e. The molecule has 0 spiro atoms. The zero-order valence-electron chi connectivity index (χ0n) is 14.6. The topological polar surface area (TPSA) is 70.2 Å². The van der Waals surface area contributed by atoms with Crippen molar-refractivity contribution in [1.29, 1.82) is 0 Å². The highest BCUT2D eigenvalue weighted by Gasteiger charge is 2.38. The highest BCUT2D eigenvalue weighted by atomic mass is 19.4. The molecule has 2 aromatic heterocycles. The van der Waals surface area contributed by atoms with Crippen molar-refractivity contribution in [3.05, 3.63) is 64.4 Å². The van der Waals surface area contributed by atoms with Crippen LogP contribution in [0, 0.1) is 5.92 Å². The summed E-state index contributed by atoms with van der Waals surface area (Å²) in [4.78, 5) is 15.4. The van der Waals surface area contributed by atoms with E-state index in [1.54, 1.807) is 41.1 Å². The average Bonchev–Trinajstić information content (AvgIpc) is 3.33. The summed E-state index contributed by atoms with van der Waals surface area (Å²) < 4.78 is 49.1. The SMILES string of the molecule is O=c1cc(OCc2ccc(-c3noc(C(F)(F)F)n3)cc2)ccn1CC1CC1. The van der Waals surface area contributed by atoms with Gasteiger partial charge in [0.15, 0.2) is 0 Å². The van der Waals surface area contributed by atoms with Crippen LogP contribution in [0.3, 0.4) is 0 Å². The lowest BCUT2D eigenvalue weighted by Gasteiger charge is -2.09. The first kappa shape index (κ1) is 18.3. The second-order valence-electron chi connectivity index (χ2n) is 6.70. The van der Waals surface area contributed by atoms with Crippen molar-refractivity contribution in [3.63, 3.8) is 0 Å². The minimum atomic E-state index is -4.67. The van der Waals surface area contributed by atoms with Crippen LogP contribution in [0.2, 0.25) is 0 Å². The Morgan fingerprint density at radius 3 is 2.54 bits per heavy atom. The molecular formula is C19H16F3N3O3. The number of ether oxygens (including phenoxy) is 1. The van der Waals surface area contributed by atoms with Crippen LogP contribution >= 0.6 is 0 Å². The van der Waals surface area contributed by atoms with E-state index < -0.39 is 12.1 Å². The Bertz CT molecular complexity index is 1020. The summed E-state index contributed by atoms with van der Waals surface area (Å²) in [5.41, 5.74) is 1.08. The van der Waals surface area contributed by atoms with Crippen LogP contribution in [0.5, 0.6) is 5.75 Å². The maximum atomic E-state index is 12.5. The molecule has 1 fully saturated rings. The van der Waals surface area contributed by atoms with Crippen LogP contribution in [0.4, 0.5) is 13.2 Å². The number of aromatic nitrogens is 3. The van der Waals surface area contributed by atoms with E-state index in [0.717, 1.165) is 12.1 Å². The predicted molar refractivity (Wildman–Crippen MR) is 92.5 cm³/mol. The first-order valence-corrected chi connectivity index (χ1v) is 8.72. The normalized spacial score (nSPS) is 14.2. The van der Waals surface area contributed by atoms with Gasteiger partial charge >= 0.3 is 12.1 Å². The van der Waals surface area contributed by atoms with Gasteiger partial charge in [0.25, 0.3) is 5.56 Å². The molecule has 0 unspecified atom stereocenters. The number of nitrogens with zero attached hydrogens (tertiary/aromatic N) is 3. The second-order valence-corrected chi connectivity index (χ2v) is 6.70. The van der Waals surface area contributed by atoms with Gasteiger partial charge in [-0.25, -0.2) is 0 Å². The largest absolute Gasteiger partial charge is 0.489 e. The highest BCUT2D eigenvalue weighted by Crippen LogP contribution is 2.30. The first-order chi connectivity index (χ1) is 13.4. The maximum Gasteiger partial charge on any atom is 0.471 e. The van der Waals surface area contributed by atoms with Gasteiger partial charge in [-0.1, -0.05) is 29.4 Å². The zero-order valence-corrected chi connectivity index (χ0v) is 14.6. The molecule has 1 aliphatic rings. The highest BCUT2D eigenvalue weighted by molar-refractivity contribution is 5.54. The molecule has 9 heteroatoms. The molecule has 3 aromatic rings. The third-order valence-electron chi connectivity index (χ3n) is 4.41. The molecule has 0 bridgehead atoms. The van der Waals surface area contributed by atoms with Gasteiger partial charge in [-0.05, 0) is 30.4 Å². The van der Waals surface area contributed by atoms with Gasteiger partial charge in [0.1, 0.15) is 12.4 Å². The van der Waals surface area contributed by atoms with Crippen molar-refractivity contribution < 1.29 is 22.4 Å². The van der Waals surface area contributed by atoms with Gasteiger partial charge in [-0.3, -0.25) is 4.79 Å². The molecular weight excluding hydrogens is 375 g/mol. The lowest BCUT2D eigenvalue weighted by atomic mass is 10.1. The van der Waals surface area contributed by atoms with Gasteiger partial charge in [-0.2, -0.15) is 18.2 Å². The fourth-order valence-corrected chi connectivity index (χ4v) is 2.68. The summed E-state index contributed by atoms with van der Waals surface area (Å²) in [5, 5.41) is 3.34. The number of hydrogen-bond donors (Lipinski definition) is 0. The van der Waals surface area contributed by atoms with Crippen molar-refractivity contribution in [2.45, 2.75) is 32.2 Å². The fourth-order valence-electron chi connectivity index (χ4n) is 2.68. The Hall–Kier alpha value is -3.10. The van der Waals surface area contributed by atoms with E-state index in [0.29, 0.717) is 17.2 Å². The van der Waals surface area contributed by atoms with E-state index in [9.17, 15) is 18.0 Å². The smallest absolute Gasteiger partial charge is 0.471 e. The summed E-state index contributed by atoms with van der Waals surface area (Å²) in [7, 11) is 0. The second kappa shape index (κ2) is 7.14. The van der Waals surface area contributed by atoms with Crippen LogP contribution in [0.15, 0.2) is 51.9 Å². The quantitative estimate of drug-likeness (QED) is 0.637. The van der Waals surface area contributed by atoms with Gasteiger partial charge in [-0.15, -0.1) is 0 Å². The summed E-state index contributed by atoms with van der Waals surface area (Å²) in [5.74, 6) is -0.450. The van der Waals surface area contributed by atoms with Crippen molar-refractivity contribution in [2.75, 3.05) is 0 Å². The van der Waals surface area contributed by atoms with Crippen LogP contribution in [-0.4, -0.2) is 14.7 Å².